The van der Waals surface area contributed by atoms with Gasteiger partial charge in [0.15, 0.2) is 5.82 Å². The van der Waals surface area contributed by atoms with Crippen molar-refractivity contribution in [2.45, 2.75) is 5.41 Å². The van der Waals surface area contributed by atoms with Crippen LogP contribution in [0.25, 0.3) is 22.4 Å². The summed E-state index contributed by atoms with van der Waals surface area (Å²) in [5.74, 6) is -1.09. The Kier molecular flexibility index (Phi) is 3.92. The molecule has 10 heteroatoms. The van der Waals surface area contributed by atoms with E-state index < -0.39 is 17.4 Å². The Hall–Kier alpha value is -2.61. The predicted octanol–water partition coefficient (Wildman–Crippen LogP) is 3.68. The lowest BCUT2D eigenvalue weighted by Gasteiger charge is -2.13. The van der Waals surface area contributed by atoms with Crippen molar-refractivity contribution in [1.82, 2.24) is 14.5 Å². The molecular weight excluding hydrogens is 415 g/mol. The zero-order valence-corrected chi connectivity index (χ0v) is 15.5. The smallest absolute Gasteiger partial charge is 0.325 e. The molecule has 0 unspecified atom stereocenters. The number of benzene rings is 1. The average Bonchev–Trinajstić information content (AvgIpc) is 3.30. The molecule has 0 spiro atoms. The van der Waals surface area contributed by atoms with E-state index in [9.17, 15) is 14.7 Å². The number of aromatic nitrogens is 3. The molecule has 3 N–H and O–H groups in total. The fourth-order valence-corrected chi connectivity index (χ4v) is 3.76. The number of carboxylic acid groups (broad SMARTS) is 1. The highest BCUT2D eigenvalue weighted by Gasteiger charge is 2.48. The van der Waals surface area contributed by atoms with Crippen LogP contribution < -0.4 is 5.73 Å². The Balaban J connectivity index is 2.07. The molecule has 1 amide bonds. The molecule has 7 nitrogen and oxygen atoms in total. The zero-order valence-electron chi connectivity index (χ0n) is 13.2. The second-order valence-electron chi connectivity index (χ2n) is 5.80. The van der Waals surface area contributed by atoms with Crippen molar-refractivity contribution in [1.29, 1.82) is 0 Å². The van der Waals surface area contributed by atoms with Crippen LogP contribution in [-0.4, -0.2) is 31.6 Å². The maximum atomic E-state index is 12.2. The van der Waals surface area contributed by atoms with Crippen LogP contribution in [-0.2, 0) is 10.2 Å². The van der Waals surface area contributed by atoms with Crippen LogP contribution in [0, 0.1) is 6.20 Å². The summed E-state index contributed by atoms with van der Waals surface area (Å²) in [6.07, 6.45) is 5.48. The monoisotopic (exact) mass is 421 g/mol. The molecule has 1 aliphatic rings. The second-order valence-corrected chi connectivity index (χ2v) is 6.99. The van der Waals surface area contributed by atoms with E-state index in [-0.39, 0.29) is 43.2 Å². The van der Waals surface area contributed by atoms with E-state index in [1.165, 1.54) is 12.2 Å². The minimum absolute atomic E-state index is 0.0170. The molecule has 3 aromatic rings. The first kappa shape index (κ1) is 17.8. The van der Waals surface area contributed by atoms with Gasteiger partial charge in [0, 0.05) is 0 Å². The van der Waals surface area contributed by atoms with Gasteiger partial charge < -0.3 is 10.8 Å². The third-order valence-corrected chi connectivity index (χ3v) is 5.21. The number of carboxylic acids is 1. The van der Waals surface area contributed by atoms with Crippen LogP contribution in [0.15, 0.2) is 30.4 Å². The number of imidazole rings is 1. The van der Waals surface area contributed by atoms with Crippen molar-refractivity contribution in [2.24, 2.45) is 5.73 Å². The summed E-state index contributed by atoms with van der Waals surface area (Å²) in [5, 5.41) is 9.88. The van der Waals surface area contributed by atoms with Gasteiger partial charge >= 0.3 is 12.0 Å². The second kappa shape index (κ2) is 5.95. The number of carbonyl (C=O) groups excluding carboxylic acids is 1. The number of primary amides is 1. The Bertz CT molecular complexity index is 1160. The first-order valence-corrected chi connectivity index (χ1v) is 8.59. The van der Waals surface area contributed by atoms with E-state index in [1.807, 2.05) is 0 Å². The molecule has 2 heterocycles. The Morgan fingerprint density at radius 2 is 1.81 bits per heavy atom. The number of fused-ring (bicyclic) bond motifs is 1. The van der Waals surface area contributed by atoms with Gasteiger partial charge in [0.05, 0.1) is 26.3 Å². The highest BCUT2D eigenvalue weighted by Crippen LogP contribution is 2.44. The van der Waals surface area contributed by atoms with Crippen molar-refractivity contribution in [3.8, 4) is 11.4 Å². The maximum absolute atomic E-state index is 12.2. The number of hydrogen-bond acceptors (Lipinski definition) is 4. The minimum atomic E-state index is -1.43. The molecule has 0 bridgehead atoms. The maximum Gasteiger partial charge on any atom is 0.325 e. The Morgan fingerprint density at radius 1 is 1.19 bits per heavy atom. The molecule has 0 fully saturated rings. The molecule has 0 atom stereocenters. The van der Waals surface area contributed by atoms with Gasteiger partial charge in [0.25, 0.3) is 0 Å². The van der Waals surface area contributed by atoms with Crippen molar-refractivity contribution in [3.63, 3.8) is 0 Å². The van der Waals surface area contributed by atoms with Crippen LogP contribution in [0.5, 0.6) is 0 Å². The molecule has 135 valence electrons. The summed E-state index contributed by atoms with van der Waals surface area (Å²) in [4.78, 5) is 32.1. The summed E-state index contributed by atoms with van der Waals surface area (Å²) >= 11 is 18.9. The van der Waals surface area contributed by atoms with Gasteiger partial charge in [-0.05, 0) is 12.1 Å². The topological polar surface area (TPSA) is 111 Å². The van der Waals surface area contributed by atoms with E-state index in [1.54, 1.807) is 18.2 Å². The summed E-state index contributed by atoms with van der Waals surface area (Å²) < 4.78 is 1.02. The fraction of sp³-hybridized carbons (Fsp3) is 0.0588. The standard InChI is InChI=1S/C17H8Cl3N4O3/c18-7-2-1-3-8(19)10(7)14-23-9-6-22-13(17(4-5-17)15(25)26)11(20)12(9)24(14)16(21)27/h1-5H,(H2,21,27)(H,25,26). The lowest BCUT2D eigenvalue weighted by Crippen LogP contribution is -2.24. The van der Waals surface area contributed by atoms with Gasteiger partial charge in [-0.25, -0.2) is 19.3 Å². The molecule has 0 saturated heterocycles. The van der Waals surface area contributed by atoms with Gasteiger partial charge in [0.2, 0.25) is 0 Å². The van der Waals surface area contributed by atoms with Crippen LogP contribution >= 0.6 is 34.8 Å². The largest absolute Gasteiger partial charge is 0.480 e. The van der Waals surface area contributed by atoms with Gasteiger partial charge in [-0.2, -0.15) is 0 Å². The average molecular weight is 423 g/mol. The molecule has 0 aliphatic heterocycles. The summed E-state index contributed by atoms with van der Waals surface area (Å²) in [7, 11) is 0. The van der Waals surface area contributed by atoms with Crippen molar-refractivity contribution in [2.75, 3.05) is 0 Å². The van der Waals surface area contributed by atoms with Crippen LogP contribution in [0.4, 0.5) is 4.79 Å². The normalized spacial score (nSPS) is 14.5. The SMILES string of the molecule is NC(=O)n1c(-c2c(Cl)cccc2Cl)nc2[c]nc(C3(C(=O)O)C=C3)c(Cl)c21. The van der Waals surface area contributed by atoms with Gasteiger partial charge in [0.1, 0.15) is 22.6 Å². The quantitative estimate of drug-likeness (QED) is 0.625. The number of amides is 1. The first-order valence-electron chi connectivity index (χ1n) is 7.46. The molecule has 1 aromatic carbocycles. The number of aliphatic carboxylic acids is 1. The molecule has 1 radical (unpaired) electrons. The van der Waals surface area contributed by atoms with Crippen molar-refractivity contribution >= 4 is 57.8 Å². The summed E-state index contributed by atoms with van der Waals surface area (Å²) in [6, 6.07) is 3.90. The number of pyridine rings is 1. The fourth-order valence-electron chi connectivity index (χ4n) is 2.82. The van der Waals surface area contributed by atoms with Gasteiger partial charge in [-0.3, -0.25) is 4.79 Å². The van der Waals surface area contributed by atoms with E-state index in [2.05, 4.69) is 16.2 Å². The number of halogens is 3. The third kappa shape index (κ3) is 2.50. The molecule has 4 rings (SSSR count). The lowest BCUT2D eigenvalue weighted by atomic mass is 9.99. The van der Waals surface area contributed by atoms with Gasteiger partial charge in [-0.15, -0.1) is 0 Å². The number of carbonyl (C=O) groups is 2. The van der Waals surface area contributed by atoms with E-state index in [4.69, 9.17) is 40.5 Å². The molecular formula is C17H8Cl3N4O3. The highest BCUT2D eigenvalue weighted by atomic mass is 35.5. The highest BCUT2D eigenvalue weighted by molar-refractivity contribution is 6.39. The summed E-state index contributed by atoms with van der Waals surface area (Å²) in [5.41, 5.74) is 4.60. The van der Waals surface area contributed by atoms with E-state index >= 15 is 0 Å². The minimum Gasteiger partial charge on any atom is -0.480 e. The molecule has 27 heavy (non-hydrogen) atoms. The van der Waals surface area contributed by atoms with Crippen molar-refractivity contribution < 1.29 is 14.7 Å². The van der Waals surface area contributed by atoms with Gasteiger partial charge in [-0.1, -0.05) is 53.0 Å². The number of nitrogens with two attached hydrogens (primary N) is 1. The van der Waals surface area contributed by atoms with Crippen molar-refractivity contribution in [3.05, 3.63) is 57.3 Å². The lowest BCUT2D eigenvalue weighted by molar-refractivity contribution is -0.139. The number of rotatable bonds is 3. The first-order chi connectivity index (χ1) is 12.8. The Labute approximate surface area is 167 Å². The zero-order chi connectivity index (χ0) is 19.5. The van der Waals surface area contributed by atoms with E-state index in [0.29, 0.717) is 0 Å². The van der Waals surface area contributed by atoms with E-state index in [0.717, 1.165) is 4.57 Å². The summed E-state index contributed by atoms with van der Waals surface area (Å²) in [6.45, 7) is 0. The predicted molar refractivity (Wildman–Crippen MR) is 100 cm³/mol. The van der Waals surface area contributed by atoms with Crippen LogP contribution in [0.2, 0.25) is 15.1 Å². The molecule has 1 aliphatic carbocycles. The number of nitrogens with zero attached hydrogens (tertiary/aromatic N) is 3. The van der Waals surface area contributed by atoms with Crippen LogP contribution in [0.1, 0.15) is 5.69 Å². The Morgan fingerprint density at radius 3 is 2.33 bits per heavy atom. The number of hydrogen-bond donors (Lipinski definition) is 2. The molecule has 2 aromatic heterocycles. The molecule has 0 saturated carbocycles. The van der Waals surface area contributed by atoms with Crippen LogP contribution in [0.3, 0.4) is 0 Å². The third-order valence-electron chi connectivity index (χ3n) is 4.22.